The lowest BCUT2D eigenvalue weighted by Gasteiger charge is -2.29. The van der Waals surface area contributed by atoms with Crippen LogP contribution >= 0.6 is 12.4 Å². The van der Waals surface area contributed by atoms with Crippen LogP contribution in [0, 0.1) is 17.7 Å². The molecule has 0 aromatic heterocycles. The van der Waals surface area contributed by atoms with Gasteiger partial charge >= 0.3 is 0 Å². The van der Waals surface area contributed by atoms with Crippen molar-refractivity contribution in [1.82, 2.24) is 10.6 Å². The summed E-state index contributed by atoms with van der Waals surface area (Å²) in [6, 6.07) is 6.61. The molecule has 5 heteroatoms. The standard InChI is InChI=1S/C19H29FN2O.ClH/c1-14(15-6-5-9-21-12-15)10-18(23)22-13-19(2,3)16-7-4-8-17(20)11-16;/h4,7-8,11,14-15,21H,5-6,9-10,12-13H2,1-3H3,(H,22,23);1H. The van der Waals surface area contributed by atoms with E-state index in [0.717, 1.165) is 18.7 Å². The zero-order valence-electron chi connectivity index (χ0n) is 14.9. The Morgan fingerprint density at radius 3 is 2.83 bits per heavy atom. The van der Waals surface area contributed by atoms with Gasteiger partial charge in [-0.25, -0.2) is 4.39 Å². The van der Waals surface area contributed by atoms with E-state index < -0.39 is 0 Å². The SMILES string of the molecule is CC(CC(=O)NCC(C)(C)c1cccc(F)c1)C1CCCNC1.Cl. The third-order valence-electron chi connectivity index (χ3n) is 4.98. The number of benzene rings is 1. The predicted molar refractivity (Wildman–Crippen MR) is 99.1 cm³/mol. The molecule has 1 aromatic carbocycles. The van der Waals surface area contributed by atoms with Crippen LogP contribution in [0.2, 0.25) is 0 Å². The maximum Gasteiger partial charge on any atom is 0.220 e. The van der Waals surface area contributed by atoms with Crippen molar-refractivity contribution in [2.24, 2.45) is 11.8 Å². The zero-order valence-corrected chi connectivity index (χ0v) is 15.7. The van der Waals surface area contributed by atoms with Crippen molar-refractivity contribution in [3.63, 3.8) is 0 Å². The molecule has 1 heterocycles. The quantitative estimate of drug-likeness (QED) is 0.816. The first kappa shape index (κ1) is 20.9. The third kappa shape index (κ3) is 6.06. The van der Waals surface area contributed by atoms with Gasteiger partial charge in [-0.2, -0.15) is 0 Å². The molecule has 1 aromatic rings. The zero-order chi connectivity index (χ0) is 16.9. The summed E-state index contributed by atoms with van der Waals surface area (Å²) in [4.78, 5) is 12.2. The number of nitrogens with one attached hydrogen (secondary N) is 2. The number of hydrogen-bond donors (Lipinski definition) is 2. The minimum Gasteiger partial charge on any atom is -0.355 e. The Kier molecular flexibility index (Phi) is 8.17. The minimum atomic E-state index is -0.284. The van der Waals surface area contributed by atoms with Crippen LogP contribution in [-0.4, -0.2) is 25.5 Å². The minimum absolute atomic E-state index is 0. The van der Waals surface area contributed by atoms with Crippen molar-refractivity contribution in [2.75, 3.05) is 19.6 Å². The molecule has 0 saturated carbocycles. The van der Waals surface area contributed by atoms with Gasteiger partial charge in [0.25, 0.3) is 0 Å². The first-order valence-corrected chi connectivity index (χ1v) is 8.62. The highest BCUT2D eigenvalue weighted by Crippen LogP contribution is 2.24. The fourth-order valence-corrected chi connectivity index (χ4v) is 3.23. The second kappa shape index (κ2) is 9.38. The Hall–Kier alpha value is -1.13. The van der Waals surface area contributed by atoms with Gasteiger partial charge < -0.3 is 10.6 Å². The first-order valence-electron chi connectivity index (χ1n) is 8.62. The molecule has 24 heavy (non-hydrogen) atoms. The Bertz CT molecular complexity index is 530. The number of amides is 1. The van der Waals surface area contributed by atoms with Gasteiger partial charge in [-0.3, -0.25) is 4.79 Å². The van der Waals surface area contributed by atoms with Crippen LogP contribution < -0.4 is 10.6 Å². The molecule has 2 unspecified atom stereocenters. The Labute approximate surface area is 151 Å². The third-order valence-corrected chi connectivity index (χ3v) is 4.98. The van der Waals surface area contributed by atoms with Crippen LogP contribution in [0.1, 0.15) is 45.6 Å². The van der Waals surface area contributed by atoms with Gasteiger partial charge in [0, 0.05) is 18.4 Å². The molecule has 0 radical (unpaired) electrons. The molecule has 0 spiro atoms. The fraction of sp³-hybridized carbons (Fsp3) is 0.632. The summed E-state index contributed by atoms with van der Waals surface area (Å²) in [5, 5.41) is 6.43. The van der Waals surface area contributed by atoms with E-state index in [9.17, 15) is 9.18 Å². The van der Waals surface area contributed by atoms with Gasteiger partial charge in [-0.05, 0) is 55.5 Å². The first-order chi connectivity index (χ1) is 10.9. The van der Waals surface area contributed by atoms with E-state index >= 15 is 0 Å². The molecule has 1 aliphatic rings. The highest BCUT2D eigenvalue weighted by atomic mass is 35.5. The number of carbonyl (C=O) groups excluding carboxylic acids is 1. The van der Waals surface area contributed by atoms with Crippen molar-refractivity contribution in [3.8, 4) is 0 Å². The number of carbonyl (C=O) groups is 1. The molecular weight excluding hydrogens is 327 g/mol. The van der Waals surface area contributed by atoms with Gasteiger partial charge in [-0.15, -0.1) is 12.4 Å². The molecule has 2 N–H and O–H groups in total. The van der Waals surface area contributed by atoms with E-state index in [1.165, 1.54) is 18.9 Å². The summed E-state index contributed by atoms with van der Waals surface area (Å²) in [5.41, 5.74) is 0.621. The molecule has 3 nitrogen and oxygen atoms in total. The van der Waals surface area contributed by atoms with Crippen molar-refractivity contribution in [1.29, 1.82) is 0 Å². The molecule has 1 amide bonds. The van der Waals surface area contributed by atoms with Crippen molar-refractivity contribution in [3.05, 3.63) is 35.6 Å². The largest absolute Gasteiger partial charge is 0.355 e. The molecule has 0 bridgehead atoms. The highest BCUT2D eigenvalue weighted by molar-refractivity contribution is 5.85. The Morgan fingerprint density at radius 1 is 1.46 bits per heavy atom. The van der Waals surface area contributed by atoms with Crippen LogP contribution in [0.25, 0.3) is 0 Å². The molecule has 2 atom stereocenters. The normalized spacial score (nSPS) is 19.2. The van der Waals surface area contributed by atoms with Crippen molar-refractivity contribution >= 4 is 18.3 Å². The van der Waals surface area contributed by atoms with E-state index in [2.05, 4.69) is 17.6 Å². The Morgan fingerprint density at radius 2 is 2.21 bits per heavy atom. The average Bonchev–Trinajstić information content (AvgIpc) is 2.54. The molecule has 1 aliphatic heterocycles. The summed E-state index contributed by atoms with van der Waals surface area (Å²) < 4.78 is 13.4. The predicted octanol–water partition coefficient (Wildman–Crippen LogP) is 3.67. The van der Waals surface area contributed by atoms with E-state index in [1.807, 2.05) is 19.9 Å². The van der Waals surface area contributed by atoms with Crippen LogP contribution in [0.3, 0.4) is 0 Å². The van der Waals surface area contributed by atoms with Gasteiger partial charge in [0.2, 0.25) is 5.91 Å². The number of hydrogen-bond acceptors (Lipinski definition) is 2. The van der Waals surface area contributed by atoms with Crippen LogP contribution in [0.5, 0.6) is 0 Å². The molecule has 0 aliphatic carbocycles. The second-order valence-electron chi connectivity index (χ2n) is 7.46. The number of piperidine rings is 1. The summed E-state index contributed by atoms with van der Waals surface area (Å²) in [5.74, 6) is 0.832. The second-order valence-corrected chi connectivity index (χ2v) is 7.46. The molecule has 136 valence electrons. The van der Waals surface area contributed by atoms with Gasteiger partial charge in [0.15, 0.2) is 0 Å². The number of rotatable bonds is 6. The summed E-state index contributed by atoms with van der Waals surface area (Å²) >= 11 is 0. The van der Waals surface area contributed by atoms with Crippen LogP contribution in [0.15, 0.2) is 24.3 Å². The van der Waals surface area contributed by atoms with E-state index in [1.54, 1.807) is 12.1 Å². The highest BCUT2D eigenvalue weighted by Gasteiger charge is 2.25. The molecular formula is C19H30ClFN2O. The average molecular weight is 357 g/mol. The van der Waals surface area contributed by atoms with E-state index in [4.69, 9.17) is 0 Å². The lowest BCUT2D eigenvalue weighted by molar-refractivity contribution is -0.122. The van der Waals surface area contributed by atoms with Crippen LogP contribution in [0.4, 0.5) is 4.39 Å². The monoisotopic (exact) mass is 356 g/mol. The summed E-state index contributed by atoms with van der Waals surface area (Å²) in [6.45, 7) is 8.84. The maximum atomic E-state index is 13.4. The van der Waals surface area contributed by atoms with E-state index in [0.29, 0.717) is 24.8 Å². The fourth-order valence-electron chi connectivity index (χ4n) is 3.23. The topological polar surface area (TPSA) is 41.1 Å². The summed E-state index contributed by atoms with van der Waals surface area (Å²) in [7, 11) is 0. The van der Waals surface area contributed by atoms with E-state index in [-0.39, 0.29) is 29.5 Å². The molecule has 1 fully saturated rings. The smallest absolute Gasteiger partial charge is 0.220 e. The number of halogens is 2. The van der Waals surface area contributed by atoms with Crippen LogP contribution in [-0.2, 0) is 10.2 Å². The summed E-state index contributed by atoms with van der Waals surface area (Å²) in [6.07, 6.45) is 2.96. The van der Waals surface area contributed by atoms with Crippen molar-refractivity contribution < 1.29 is 9.18 Å². The maximum absolute atomic E-state index is 13.4. The van der Waals surface area contributed by atoms with Gasteiger partial charge in [0.05, 0.1) is 0 Å². The lowest BCUT2D eigenvalue weighted by Crippen LogP contribution is -2.39. The van der Waals surface area contributed by atoms with Crippen molar-refractivity contribution in [2.45, 2.75) is 45.4 Å². The molecule has 1 saturated heterocycles. The lowest BCUT2D eigenvalue weighted by atomic mass is 9.83. The van der Waals surface area contributed by atoms with Gasteiger partial charge in [-0.1, -0.05) is 32.9 Å². The molecule has 2 rings (SSSR count). The van der Waals surface area contributed by atoms with Gasteiger partial charge in [0.1, 0.15) is 5.82 Å². The Balaban J connectivity index is 0.00000288.